The molecule has 2 amide bonds. The fraction of sp³-hybridized carbons (Fsp3) is 0.414. The number of ether oxygens (including phenoxy) is 1. The first-order valence-electron chi connectivity index (χ1n) is 12.5. The molecule has 0 saturated heterocycles. The Morgan fingerprint density at radius 3 is 2.24 bits per heavy atom. The second kappa shape index (κ2) is 10.0. The van der Waals surface area contributed by atoms with Gasteiger partial charge < -0.3 is 9.72 Å². The zero-order chi connectivity index (χ0) is 24.3. The van der Waals surface area contributed by atoms with Crippen molar-refractivity contribution < 1.29 is 14.3 Å². The van der Waals surface area contributed by atoms with Crippen molar-refractivity contribution in [3.63, 3.8) is 0 Å². The van der Waals surface area contributed by atoms with Crippen molar-refractivity contribution in [2.75, 3.05) is 13.2 Å². The lowest BCUT2D eigenvalue weighted by Crippen LogP contribution is -2.31. The van der Waals surface area contributed by atoms with Gasteiger partial charge in [-0.1, -0.05) is 39.8 Å². The summed E-state index contributed by atoms with van der Waals surface area (Å²) in [6.07, 6.45) is 8.20. The third-order valence-electron chi connectivity index (χ3n) is 7.10. The van der Waals surface area contributed by atoms with Crippen molar-refractivity contribution in [2.24, 2.45) is 0 Å². The maximum absolute atomic E-state index is 12.5. The van der Waals surface area contributed by atoms with E-state index in [0.29, 0.717) is 30.7 Å². The first-order valence-corrected chi connectivity index (χ1v) is 12.5. The summed E-state index contributed by atoms with van der Waals surface area (Å²) in [5.41, 5.74) is 4.62. The molecule has 1 aliphatic rings. The summed E-state index contributed by atoms with van der Waals surface area (Å²) in [6, 6.07) is 13.2. The number of imide groups is 1. The molecule has 4 rings (SSSR count). The lowest BCUT2D eigenvalue weighted by molar-refractivity contribution is 0.0647. The number of aryl methyl sites for hydroxylation is 1. The number of aromatic amines is 1. The Morgan fingerprint density at radius 1 is 0.971 bits per heavy atom. The number of carbonyl (C=O) groups is 2. The van der Waals surface area contributed by atoms with Crippen molar-refractivity contribution in [3.8, 4) is 5.75 Å². The Labute approximate surface area is 202 Å². The minimum atomic E-state index is -0.218. The average Bonchev–Trinajstić information content (AvgIpc) is 3.35. The average molecular weight is 459 g/mol. The van der Waals surface area contributed by atoms with E-state index in [1.165, 1.54) is 21.5 Å². The summed E-state index contributed by atoms with van der Waals surface area (Å²) < 4.78 is 6.01. The van der Waals surface area contributed by atoms with Crippen LogP contribution >= 0.6 is 0 Å². The van der Waals surface area contributed by atoms with Crippen molar-refractivity contribution in [2.45, 2.75) is 65.2 Å². The molecule has 5 heteroatoms. The Kier molecular flexibility index (Phi) is 7.11. The summed E-state index contributed by atoms with van der Waals surface area (Å²) in [4.78, 5) is 30.0. The van der Waals surface area contributed by atoms with Gasteiger partial charge in [0.1, 0.15) is 5.75 Å². The second-order valence-electron chi connectivity index (χ2n) is 8.87. The van der Waals surface area contributed by atoms with Crippen LogP contribution in [0.4, 0.5) is 0 Å². The van der Waals surface area contributed by atoms with Crippen LogP contribution in [0.15, 0.2) is 42.5 Å². The molecule has 34 heavy (non-hydrogen) atoms. The first kappa shape index (κ1) is 24.1. The van der Waals surface area contributed by atoms with Gasteiger partial charge in [0.2, 0.25) is 0 Å². The van der Waals surface area contributed by atoms with Crippen molar-refractivity contribution in [1.29, 1.82) is 0 Å². The zero-order valence-corrected chi connectivity index (χ0v) is 20.7. The van der Waals surface area contributed by atoms with Crippen LogP contribution in [0, 0.1) is 6.42 Å². The highest BCUT2D eigenvalue weighted by atomic mass is 16.5. The highest BCUT2D eigenvalue weighted by Gasteiger charge is 2.35. The largest absolute Gasteiger partial charge is 0.493 e. The predicted octanol–water partition coefficient (Wildman–Crippen LogP) is 6.34. The van der Waals surface area contributed by atoms with Gasteiger partial charge in [0.25, 0.3) is 11.8 Å². The van der Waals surface area contributed by atoms with Crippen molar-refractivity contribution >= 4 is 22.7 Å². The van der Waals surface area contributed by atoms with Crippen LogP contribution in [-0.4, -0.2) is 34.8 Å². The first-order chi connectivity index (χ1) is 16.5. The number of nitrogens with one attached hydrogen (secondary N) is 1. The summed E-state index contributed by atoms with van der Waals surface area (Å²) in [7, 11) is 0. The van der Waals surface area contributed by atoms with E-state index in [9.17, 15) is 9.59 Å². The molecule has 0 fully saturated rings. The van der Waals surface area contributed by atoms with E-state index in [0.717, 1.165) is 36.9 Å². The number of benzene rings is 2. The molecule has 178 valence electrons. The van der Waals surface area contributed by atoms with E-state index in [2.05, 4.69) is 51.2 Å². The number of fused-ring (bicyclic) bond motifs is 2. The fourth-order valence-corrected chi connectivity index (χ4v) is 5.24. The molecule has 1 aromatic heterocycles. The van der Waals surface area contributed by atoms with Crippen LogP contribution in [0.25, 0.3) is 10.9 Å². The molecule has 1 N–H and O–H groups in total. The van der Waals surface area contributed by atoms with Crippen molar-refractivity contribution in [1.82, 2.24) is 9.88 Å². The molecule has 3 aromatic rings. The summed E-state index contributed by atoms with van der Waals surface area (Å²) in [5.74, 6) is 0.348. The number of H-pyrrole nitrogens is 1. The highest BCUT2D eigenvalue weighted by Crippen LogP contribution is 2.40. The molecule has 0 spiro atoms. The molecule has 0 atom stereocenters. The molecule has 0 unspecified atom stereocenters. The summed E-state index contributed by atoms with van der Waals surface area (Å²) in [6.45, 7) is 9.61. The van der Waals surface area contributed by atoms with Gasteiger partial charge >= 0.3 is 0 Å². The van der Waals surface area contributed by atoms with Gasteiger partial charge in [-0.25, -0.2) is 0 Å². The molecule has 0 aliphatic carbocycles. The standard InChI is InChI=1S/C29H34N2O3/c1-5-16-29(7-3,8-4)26-21(6-2)22-15-14-20(19-25(22)30-26)34-18-11-17-31-27(32)23-12-9-10-13-24(23)28(31)33/h9-10,12-15,19,30H,5-8,11,17-18H2,1-4H3. The van der Waals surface area contributed by atoms with E-state index in [4.69, 9.17) is 4.74 Å². The quantitative estimate of drug-likeness (QED) is 0.269. The predicted molar refractivity (Wildman–Crippen MR) is 135 cm³/mol. The van der Waals surface area contributed by atoms with Gasteiger partial charge in [0.05, 0.1) is 17.7 Å². The van der Waals surface area contributed by atoms with E-state index >= 15 is 0 Å². The summed E-state index contributed by atoms with van der Waals surface area (Å²) >= 11 is 0. The number of rotatable bonds is 11. The number of hydrogen-bond acceptors (Lipinski definition) is 3. The number of amides is 2. The van der Waals surface area contributed by atoms with E-state index in [1.807, 2.05) is 6.07 Å². The van der Waals surface area contributed by atoms with Gasteiger partial charge in [0, 0.05) is 34.6 Å². The van der Waals surface area contributed by atoms with Crippen LogP contribution in [0.3, 0.4) is 0 Å². The van der Waals surface area contributed by atoms with Gasteiger partial charge in [-0.15, -0.1) is 0 Å². The Bertz CT molecular complexity index is 1150. The Hall–Kier alpha value is -3.08. The number of aromatic nitrogens is 1. The molecule has 1 aliphatic heterocycles. The van der Waals surface area contributed by atoms with E-state index in [-0.39, 0.29) is 17.2 Å². The van der Waals surface area contributed by atoms with Gasteiger partial charge in [-0.2, -0.15) is 0 Å². The molecule has 2 heterocycles. The maximum Gasteiger partial charge on any atom is 0.261 e. The third kappa shape index (κ3) is 4.13. The molecule has 5 nitrogen and oxygen atoms in total. The van der Waals surface area contributed by atoms with E-state index in [1.54, 1.807) is 24.3 Å². The maximum atomic E-state index is 12.5. The van der Waals surface area contributed by atoms with Crippen LogP contribution in [0.2, 0.25) is 0 Å². The summed E-state index contributed by atoms with van der Waals surface area (Å²) in [5, 5.41) is 1.24. The van der Waals surface area contributed by atoms with Gasteiger partial charge in [-0.3, -0.25) is 14.5 Å². The molecular weight excluding hydrogens is 424 g/mol. The van der Waals surface area contributed by atoms with Crippen LogP contribution in [-0.2, 0) is 11.8 Å². The molecular formula is C29H34N2O3. The minimum Gasteiger partial charge on any atom is -0.493 e. The second-order valence-corrected chi connectivity index (χ2v) is 8.87. The topological polar surface area (TPSA) is 62.4 Å². The van der Waals surface area contributed by atoms with Crippen LogP contribution in [0.5, 0.6) is 5.75 Å². The van der Waals surface area contributed by atoms with Crippen LogP contribution in [0.1, 0.15) is 85.4 Å². The normalized spacial score (nSPS) is 13.7. The highest BCUT2D eigenvalue weighted by molar-refractivity contribution is 6.21. The molecule has 2 aromatic carbocycles. The minimum absolute atomic E-state index is 0.0630. The third-order valence-corrected chi connectivity index (χ3v) is 7.10. The number of hydrogen-bond donors (Lipinski definition) is 1. The smallest absolute Gasteiger partial charge is 0.261 e. The van der Waals surface area contributed by atoms with E-state index < -0.39 is 0 Å². The Morgan fingerprint density at radius 2 is 1.65 bits per heavy atom. The lowest BCUT2D eigenvalue weighted by Gasteiger charge is -2.31. The Balaban J connectivity index is 1.45. The molecule has 2 radical (unpaired) electrons. The monoisotopic (exact) mass is 458 g/mol. The number of carbonyl (C=O) groups excluding carboxylic acids is 2. The SMILES string of the molecule is CC[C]C(CC)(CC)c1[nH]c2cc(OCCCN3C(=O)c4ccccc4C3=O)ccc2c1CC. The fourth-order valence-electron chi connectivity index (χ4n) is 5.24. The zero-order valence-electron chi connectivity index (χ0n) is 20.7. The van der Waals surface area contributed by atoms with Crippen molar-refractivity contribution in [3.05, 3.63) is 71.3 Å². The number of nitrogens with zero attached hydrogens (tertiary/aromatic N) is 1. The molecule has 0 saturated carbocycles. The van der Waals surface area contributed by atoms with Gasteiger partial charge in [0.15, 0.2) is 0 Å². The van der Waals surface area contributed by atoms with Crippen LogP contribution < -0.4 is 4.74 Å². The van der Waals surface area contributed by atoms with Gasteiger partial charge in [-0.05, 0) is 68.4 Å². The lowest BCUT2D eigenvalue weighted by atomic mass is 9.74. The molecule has 0 bridgehead atoms.